The van der Waals surface area contributed by atoms with Crippen LogP contribution in [-0.2, 0) is 17.8 Å². The maximum Gasteiger partial charge on any atom is 0.272 e. The third-order valence-electron chi connectivity index (χ3n) is 3.83. The molecule has 0 radical (unpaired) electrons. The van der Waals surface area contributed by atoms with Gasteiger partial charge in [-0.2, -0.15) is 0 Å². The molecule has 4 N–H and O–H groups in total. The van der Waals surface area contributed by atoms with Gasteiger partial charge in [-0.25, -0.2) is 4.39 Å². The highest BCUT2D eigenvalue weighted by Gasteiger charge is 2.18. The lowest BCUT2D eigenvalue weighted by molar-refractivity contribution is -0.119. The summed E-state index contributed by atoms with van der Waals surface area (Å²) in [6.45, 7) is 1.61. The Hall–Kier alpha value is -2.67. The average molecular weight is 316 g/mol. The van der Waals surface area contributed by atoms with Crippen LogP contribution in [0.4, 0.5) is 10.1 Å². The van der Waals surface area contributed by atoms with Crippen molar-refractivity contribution in [3.05, 3.63) is 53.1 Å². The lowest BCUT2D eigenvalue weighted by atomic mass is 9.99. The molecule has 0 saturated carbocycles. The van der Waals surface area contributed by atoms with Crippen molar-refractivity contribution in [1.82, 2.24) is 9.88 Å². The number of anilines is 1. The second-order valence-electron chi connectivity index (χ2n) is 5.60. The molecule has 23 heavy (non-hydrogen) atoms. The number of halogens is 1. The molecule has 7 heteroatoms. The van der Waals surface area contributed by atoms with Gasteiger partial charge in [0.2, 0.25) is 5.91 Å². The summed E-state index contributed by atoms with van der Waals surface area (Å²) in [6.07, 6.45) is 1.96. The van der Waals surface area contributed by atoms with E-state index in [4.69, 9.17) is 5.73 Å². The highest BCUT2D eigenvalue weighted by molar-refractivity contribution is 6.03. The van der Waals surface area contributed by atoms with Crippen molar-refractivity contribution in [1.29, 1.82) is 0 Å². The second-order valence-corrected chi connectivity index (χ2v) is 5.60. The number of hydrogen-bond donors (Lipinski definition) is 3. The van der Waals surface area contributed by atoms with Crippen LogP contribution in [0.15, 0.2) is 30.5 Å². The van der Waals surface area contributed by atoms with Gasteiger partial charge in [0.15, 0.2) is 0 Å². The Morgan fingerprint density at radius 2 is 2.13 bits per heavy atom. The van der Waals surface area contributed by atoms with Crippen LogP contribution in [0.5, 0.6) is 0 Å². The third kappa shape index (κ3) is 3.57. The van der Waals surface area contributed by atoms with E-state index in [1.54, 1.807) is 0 Å². The van der Waals surface area contributed by atoms with Crippen molar-refractivity contribution in [3.63, 3.8) is 0 Å². The lowest BCUT2D eigenvalue weighted by Crippen LogP contribution is -2.37. The normalized spacial score (nSPS) is 14.3. The first kappa shape index (κ1) is 15.2. The summed E-state index contributed by atoms with van der Waals surface area (Å²) in [4.78, 5) is 27.6. The molecule has 2 aromatic rings. The molecule has 1 aliphatic heterocycles. The minimum atomic E-state index is -0.484. The van der Waals surface area contributed by atoms with Gasteiger partial charge in [0.25, 0.3) is 5.91 Å². The van der Waals surface area contributed by atoms with E-state index in [1.807, 2.05) is 23.1 Å². The zero-order valence-electron chi connectivity index (χ0n) is 12.4. The van der Waals surface area contributed by atoms with E-state index in [0.29, 0.717) is 12.2 Å². The molecule has 0 spiro atoms. The molecule has 3 rings (SSSR count). The first-order valence-corrected chi connectivity index (χ1v) is 7.29. The van der Waals surface area contributed by atoms with Crippen LogP contribution in [0.3, 0.4) is 0 Å². The van der Waals surface area contributed by atoms with Gasteiger partial charge in [0.05, 0.1) is 6.54 Å². The minimum absolute atomic E-state index is 0.163. The van der Waals surface area contributed by atoms with Gasteiger partial charge in [-0.15, -0.1) is 0 Å². The SMILES string of the molecule is NC(=O)CN1CCc2ccc(NC(=O)c3cc(F)c[nH]3)cc2C1. The van der Waals surface area contributed by atoms with Crippen LogP contribution in [0.1, 0.15) is 21.6 Å². The molecule has 1 aromatic carbocycles. The quantitative estimate of drug-likeness (QED) is 0.793. The van der Waals surface area contributed by atoms with Crippen LogP contribution < -0.4 is 11.1 Å². The summed E-state index contributed by atoms with van der Waals surface area (Å²) in [7, 11) is 0. The predicted molar refractivity (Wildman–Crippen MR) is 83.3 cm³/mol. The Morgan fingerprint density at radius 3 is 2.83 bits per heavy atom. The molecular formula is C16H17FN4O2. The van der Waals surface area contributed by atoms with Crippen LogP contribution in [-0.4, -0.2) is 34.8 Å². The van der Waals surface area contributed by atoms with Gasteiger partial charge in [-0.1, -0.05) is 6.07 Å². The summed E-state index contributed by atoms with van der Waals surface area (Å²) in [5.41, 5.74) is 8.26. The number of aromatic amines is 1. The maximum atomic E-state index is 12.9. The van der Waals surface area contributed by atoms with E-state index in [2.05, 4.69) is 10.3 Å². The van der Waals surface area contributed by atoms with Gasteiger partial charge in [-0.3, -0.25) is 14.5 Å². The second kappa shape index (κ2) is 6.21. The van der Waals surface area contributed by atoms with Gasteiger partial charge in [0.1, 0.15) is 11.5 Å². The number of amides is 2. The number of carbonyl (C=O) groups excluding carboxylic acids is 2. The summed E-state index contributed by atoms with van der Waals surface area (Å²) in [5.74, 6) is -1.24. The van der Waals surface area contributed by atoms with E-state index in [-0.39, 0.29) is 18.1 Å². The maximum absolute atomic E-state index is 12.9. The first-order valence-electron chi connectivity index (χ1n) is 7.29. The van der Waals surface area contributed by atoms with Gasteiger partial charge >= 0.3 is 0 Å². The van der Waals surface area contributed by atoms with Crippen LogP contribution in [0, 0.1) is 5.82 Å². The van der Waals surface area contributed by atoms with Gasteiger partial charge in [-0.05, 0) is 29.7 Å². The van der Waals surface area contributed by atoms with Crippen LogP contribution >= 0.6 is 0 Å². The van der Waals surface area contributed by atoms with Crippen molar-refractivity contribution in [3.8, 4) is 0 Å². The molecule has 120 valence electrons. The Balaban J connectivity index is 1.73. The molecule has 1 aromatic heterocycles. The minimum Gasteiger partial charge on any atom is -0.369 e. The molecule has 1 aliphatic rings. The fourth-order valence-electron chi connectivity index (χ4n) is 2.75. The summed E-state index contributed by atoms with van der Waals surface area (Å²) < 4.78 is 12.9. The number of aromatic nitrogens is 1. The monoisotopic (exact) mass is 316 g/mol. The Bertz CT molecular complexity index is 756. The van der Waals surface area contributed by atoms with E-state index in [9.17, 15) is 14.0 Å². The van der Waals surface area contributed by atoms with Crippen molar-refractivity contribution in [2.75, 3.05) is 18.4 Å². The number of primary amides is 1. The Labute approximate surface area is 132 Å². The average Bonchev–Trinajstić information content (AvgIpc) is 2.93. The smallest absolute Gasteiger partial charge is 0.272 e. The van der Waals surface area contributed by atoms with Gasteiger partial charge < -0.3 is 16.0 Å². The predicted octanol–water partition coefficient (Wildman–Crippen LogP) is 1.25. The van der Waals surface area contributed by atoms with Crippen molar-refractivity contribution < 1.29 is 14.0 Å². The van der Waals surface area contributed by atoms with Gasteiger partial charge in [0, 0.05) is 31.0 Å². The number of benzene rings is 1. The molecular weight excluding hydrogens is 299 g/mol. The molecule has 2 amide bonds. The Kier molecular flexibility index (Phi) is 4.12. The fraction of sp³-hybridized carbons (Fsp3) is 0.250. The zero-order valence-corrected chi connectivity index (χ0v) is 12.4. The topological polar surface area (TPSA) is 91.2 Å². The van der Waals surface area contributed by atoms with E-state index in [0.717, 1.165) is 30.8 Å². The fourth-order valence-corrected chi connectivity index (χ4v) is 2.75. The lowest BCUT2D eigenvalue weighted by Gasteiger charge is -2.28. The number of H-pyrrole nitrogens is 1. The number of fused-ring (bicyclic) bond motifs is 1. The largest absolute Gasteiger partial charge is 0.369 e. The number of nitrogens with two attached hydrogens (primary N) is 1. The van der Waals surface area contributed by atoms with Crippen LogP contribution in [0.2, 0.25) is 0 Å². The summed E-state index contributed by atoms with van der Waals surface area (Å²) in [5, 5.41) is 2.73. The molecule has 0 bridgehead atoms. The van der Waals surface area contributed by atoms with Crippen molar-refractivity contribution in [2.24, 2.45) is 5.73 Å². The molecule has 0 saturated heterocycles. The molecule has 0 fully saturated rings. The number of hydrogen-bond acceptors (Lipinski definition) is 3. The highest BCUT2D eigenvalue weighted by atomic mass is 19.1. The molecule has 0 unspecified atom stereocenters. The molecule has 6 nitrogen and oxygen atoms in total. The standard InChI is InChI=1S/C16H17FN4O2/c17-12-6-14(19-7-12)16(23)20-13-2-1-10-3-4-21(9-15(18)22)8-11(10)5-13/h1-2,5-7,19H,3-4,8-9H2,(H2,18,22)(H,20,23). The van der Waals surface area contributed by atoms with E-state index in [1.165, 1.54) is 5.56 Å². The number of nitrogens with one attached hydrogen (secondary N) is 2. The number of rotatable bonds is 4. The highest BCUT2D eigenvalue weighted by Crippen LogP contribution is 2.23. The molecule has 0 atom stereocenters. The van der Waals surface area contributed by atoms with Crippen molar-refractivity contribution in [2.45, 2.75) is 13.0 Å². The van der Waals surface area contributed by atoms with Crippen molar-refractivity contribution >= 4 is 17.5 Å². The first-order chi connectivity index (χ1) is 11.0. The number of carbonyl (C=O) groups is 2. The summed E-state index contributed by atoms with van der Waals surface area (Å²) in [6, 6.07) is 6.80. The number of nitrogens with zero attached hydrogens (tertiary/aromatic N) is 1. The third-order valence-corrected chi connectivity index (χ3v) is 3.83. The molecule has 2 heterocycles. The molecule has 0 aliphatic carbocycles. The summed E-state index contributed by atoms with van der Waals surface area (Å²) >= 11 is 0. The zero-order chi connectivity index (χ0) is 16.4. The van der Waals surface area contributed by atoms with E-state index >= 15 is 0 Å². The van der Waals surface area contributed by atoms with E-state index < -0.39 is 11.7 Å². The Morgan fingerprint density at radius 1 is 1.30 bits per heavy atom. The van der Waals surface area contributed by atoms with Crippen LogP contribution in [0.25, 0.3) is 0 Å².